The molecule has 0 unspecified atom stereocenters. The summed E-state index contributed by atoms with van der Waals surface area (Å²) < 4.78 is 13.6. The van der Waals surface area contributed by atoms with Crippen LogP contribution in [0.15, 0.2) is 42.7 Å². The largest absolute Gasteiger partial charge is 0.493 e. The Morgan fingerprint density at radius 1 is 0.824 bits per heavy atom. The van der Waals surface area contributed by atoms with Gasteiger partial charge in [-0.15, -0.1) is 0 Å². The van der Waals surface area contributed by atoms with Crippen molar-refractivity contribution >= 4 is 5.91 Å². The second-order valence-corrected chi connectivity index (χ2v) is 9.01. The molecular weight excluding hydrogens is 424 g/mol. The van der Waals surface area contributed by atoms with E-state index in [1.54, 1.807) is 7.11 Å². The predicted octanol–water partition coefficient (Wildman–Crippen LogP) is 6.16. The Bertz CT molecular complexity index is 821. The zero-order valence-corrected chi connectivity index (χ0v) is 21.6. The van der Waals surface area contributed by atoms with Crippen molar-refractivity contribution < 1.29 is 18.8 Å². The number of pyridine rings is 1. The number of hydrogen-bond donors (Lipinski definition) is 1. The van der Waals surface area contributed by atoms with E-state index in [4.69, 9.17) is 9.47 Å². The second-order valence-electron chi connectivity index (χ2n) is 9.01. The number of carbonyl (C=O) groups excluding carboxylic acids is 1. The van der Waals surface area contributed by atoms with Gasteiger partial charge in [0.05, 0.1) is 20.1 Å². The first-order valence-corrected chi connectivity index (χ1v) is 13.2. The van der Waals surface area contributed by atoms with Crippen LogP contribution in [0.4, 0.5) is 0 Å². The van der Waals surface area contributed by atoms with Crippen molar-refractivity contribution in [2.45, 2.75) is 97.6 Å². The third kappa shape index (κ3) is 11.0. The molecule has 0 saturated heterocycles. The van der Waals surface area contributed by atoms with E-state index in [1.165, 1.54) is 57.8 Å². The minimum Gasteiger partial charge on any atom is -0.493 e. The summed E-state index contributed by atoms with van der Waals surface area (Å²) in [6.45, 7) is 6.53. The summed E-state index contributed by atoms with van der Waals surface area (Å²) in [5.41, 5.74) is 2.00. The Morgan fingerprint density at radius 2 is 1.47 bits per heavy atom. The van der Waals surface area contributed by atoms with Crippen LogP contribution in [-0.4, -0.2) is 19.6 Å². The number of benzene rings is 1. The Hall–Kier alpha value is -2.56. The van der Waals surface area contributed by atoms with Crippen LogP contribution >= 0.6 is 0 Å². The van der Waals surface area contributed by atoms with Crippen LogP contribution in [0.25, 0.3) is 0 Å². The molecule has 2 aromatic rings. The predicted molar refractivity (Wildman–Crippen MR) is 138 cm³/mol. The van der Waals surface area contributed by atoms with Crippen molar-refractivity contribution in [2.24, 2.45) is 0 Å². The maximum absolute atomic E-state index is 12.4. The van der Waals surface area contributed by atoms with Crippen LogP contribution in [0, 0.1) is 0 Å². The van der Waals surface area contributed by atoms with Crippen LogP contribution in [0.3, 0.4) is 0 Å². The zero-order chi connectivity index (χ0) is 24.4. The van der Waals surface area contributed by atoms with E-state index in [9.17, 15) is 4.79 Å². The number of rotatable bonds is 18. The van der Waals surface area contributed by atoms with Crippen molar-refractivity contribution in [3.63, 3.8) is 0 Å². The molecule has 2 rings (SSSR count). The molecule has 0 aliphatic carbocycles. The summed E-state index contributed by atoms with van der Waals surface area (Å²) in [5, 5.41) is 2.99. The Morgan fingerprint density at radius 3 is 2.09 bits per heavy atom. The highest BCUT2D eigenvalue weighted by Gasteiger charge is 2.10. The van der Waals surface area contributed by atoms with Crippen LogP contribution in [0.1, 0.15) is 89.2 Å². The molecule has 0 atom stereocenters. The van der Waals surface area contributed by atoms with Gasteiger partial charge in [0.15, 0.2) is 23.9 Å². The summed E-state index contributed by atoms with van der Waals surface area (Å²) in [5.74, 6) is 1.42. The molecule has 5 nitrogen and oxygen atoms in total. The Labute approximate surface area is 206 Å². The van der Waals surface area contributed by atoms with E-state index < -0.39 is 0 Å². The molecule has 0 aliphatic heterocycles. The van der Waals surface area contributed by atoms with E-state index in [2.05, 4.69) is 23.7 Å². The summed E-state index contributed by atoms with van der Waals surface area (Å²) in [7, 11) is 1.64. The van der Waals surface area contributed by atoms with Crippen molar-refractivity contribution in [1.82, 2.24) is 5.32 Å². The van der Waals surface area contributed by atoms with E-state index >= 15 is 0 Å². The quantitative estimate of drug-likeness (QED) is 0.210. The lowest BCUT2D eigenvalue weighted by atomic mass is 10.1. The van der Waals surface area contributed by atoms with Gasteiger partial charge in [0.2, 0.25) is 5.91 Å². The number of methoxy groups -OCH3 is 1. The molecule has 0 spiro atoms. The van der Waals surface area contributed by atoms with Crippen LogP contribution < -0.4 is 19.4 Å². The van der Waals surface area contributed by atoms with Crippen LogP contribution in [0.2, 0.25) is 0 Å². The maximum atomic E-state index is 12.4. The van der Waals surface area contributed by atoms with Crippen molar-refractivity contribution in [2.75, 3.05) is 13.7 Å². The molecular formula is C29H45N2O3+. The van der Waals surface area contributed by atoms with E-state index in [1.807, 2.05) is 42.7 Å². The van der Waals surface area contributed by atoms with Gasteiger partial charge in [0, 0.05) is 18.7 Å². The third-order valence-corrected chi connectivity index (χ3v) is 6.16. The Kier molecular flexibility index (Phi) is 13.8. The molecule has 1 aromatic carbocycles. The number of hydrogen-bond acceptors (Lipinski definition) is 3. The first-order chi connectivity index (χ1) is 16.7. The average molecular weight is 470 g/mol. The molecule has 0 fully saturated rings. The topological polar surface area (TPSA) is 51.4 Å². The zero-order valence-electron chi connectivity index (χ0n) is 21.6. The molecule has 0 bridgehead atoms. The first kappa shape index (κ1) is 27.7. The highest BCUT2D eigenvalue weighted by Crippen LogP contribution is 2.28. The second kappa shape index (κ2) is 17.0. The fraction of sp³-hybridized carbons (Fsp3) is 0.586. The van der Waals surface area contributed by atoms with Gasteiger partial charge >= 0.3 is 0 Å². The molecule has 0 saturated carbocycles. The molecule has 5 heteroatoms. The molecule has 34 heavy (non-hydrogen) atoms. The summed E-state index contributed by atoms with van der Waals surface area (Å²) in [4.78, 5) is 12.4. The first-order valence-electron chi connectivity index (χ1n) is 13.2. The summed E-state index contributed by atoms with van der Waals surface area (Å²) >= 11 is 0. The van der Waals surface area contributed by atoms with Gasteiger partial charge in [0.25, 0.3) is 0 Å². The smallest absolute Gasteiger partial charge is 0.224 e. The van der Waals surface area contributed by atoms with Crippen molar-refractivity contribution in [1.29, 1.82) is 0 Å². The molecule has 1 amide bonds. The van der Waals surface area contributed by atoms with Gasteiger partial charge in [-0.3, -0.25) is 4.79 Å². The lowest BCUT2D eigenvalue weighted by Crippen LogP contribution is -2.31. The van der Waals surface area contributed by atoms with Gasteiger partial charge in [-0.25, -0.2) is 4.57 Å². The van der Waals surface area contributed by atoms with Gasteiger partial charge in [-0.05, 0) is 36.6 Å². The highest BCUT2D eigenvalue weighted by molar-refractivity contribution is 5.78. The minimum absolute atomic E-state index is 0.00620. The number of nitrogens with zero attached hydrogens (tertiary/aromatic N) is 1. The number of aromatic nitrogens is 1. The molecule has 1 N–H and O–H groups in total. The molecule has 1 heterocycles. The van der Waals surface area contributed by atoms with Crippen LogP contribution in [-0.2, 0) is 24.3 Å². The lowest BCUT2D eigenvalue weighted by Gasteiger charge is -2.12. The fourth-order valence-corrected chi connectivity index (χ4v) is 3.98. The summed E-state index contributed by atoms with van der Waals surface area (Å²) in [6.07, 6.45) is 17.5. The molecule has 0 radical (unpaired) electrons. The van der Waals surface area contributed by atoms with Crippen molar-refractivity contribution in [3.05, 3.63) is 53.9 Å². The van der Waals surface area contributed by atoms with Crippen LogP contribution in [0.5, 0.6) is 11.5 Å². The number of nitrogens with one attached hydrogen (secondary N) is 1. The van der Waals surface area contributed by atoms with Gasteiger partial charge in [-0.1, -0.05) is 70.8 Å². The molecule has 188 valence electrons. The van der Waals surface area contributed by atoms with E-state index in [0.29, 0.717) is 25.3 Å². The lowest BCUT2D eigenvalue weighted by molar-refractivity contribution is -0.693. The van der Waals surface area contributed by atoms with Gasteiger partial charge in [0.1, 0.15) is 6.54 Å². The van der Waals surface area contributed by atoms with Crippen molar-refractivity contribution in [3.8, 4) is 11.5 Å². The Balaban J connectivity index is 1.65. The third-order valence-electron chi connectivity index (χ3n) is 6.16. The number of unbranched alkanes of at least 4 members (excludes halogenated alkanes) is 9. The SMILES string of the molecule is CCCCCCCCCCCCOc1ccc(CC(=O)NCc2cc[n+](CC)cc2)cc1OC. The minimum atomic E-state index is -0.00620. The van der Waals surface area contributed by atoms with Gasteiger partial charge in [-0.2, -0.15) is 0 Å². The fourth-order valence-electron chi connectivity index (χ4n) is 3.98. The standard InChI is InChI=1S/C29H44N2O3/c1-4-6-7-8-9-10-11-12-13-14-21-34-27-16-15-26(22-28(27)33-3)23-29(32)30-24-25-17-19-31(5-2)20-18-25/h15-20,22H,4-14,21,23-24H2,1-3H3/p+1. The number of amides is 1. The average Bonchev–Trinajstić information content (AvgIpc) is 2.87. The normalized spacial score (nSPS) is 10.8. The maximum Gasteiger partial charge on any atom is 0.224 e. The monoisotopic (exact) mass is 469 g/mol. The summed E-state index contributed by atoms with van der Waals surface area (Å²) in [6, 6.07) is 9.84. The number of carbonyl (C=O) groups is 1. The number of aryl methyl sites for hydroxylation is 1. The van der Waals surface area contributed by atoms with Gasteiger partial charge < -0.3 is 14.8 Å². The van der Waals surface area contributed by atoms with E-state index in [0.717, 1.165) is 29.8 Å². The highest BCUT2D eigenvalue weighted by atomic mass is 16.5. The molecule has 1 aromatic heterocycles. The molecule has 0 aliphatic rings. The number of ether oxygens (including phenoxy) is 2. The van der Waals surface area contributed by atoms with E-state index in [-0.39, 0.29) is 5.91 Å².